The number of ether oxygens (including phenoxy) is 1. The van der Waals surface area contributed by atoms with E-state index in [1.807, 2.05) is 39.1 Å². The first-order valence-electron chi connectivity index (χ1n) is 20.0. The van der Waals surface area contributed by atoms with Crippen LogP contribution in [0.2, 0.25) is 0 Å². The van der Waals surface area contributed by atoms with E-state index in [1.54, 1.807) is 13.2 Å². The molecule has 0 spiro atoms. The van der Waals surface area contributed by atoms with Gasteiger partial charge in [-0.1, -0.05) is 47.6 Å². The van der Waals surface area contributed by atoms with Crippen molar-refractivity contribution < 1.29 is 14.6 Å². The summed E-state index contributed by atoms with van der Waals surface area (Å²) in [6.45, 7) is 15.0. The second-order valence-electron chi connectivity index (χ2n) is 16.5. The standard InChI is InChI=1S/C38H53N3O3.C3H6.C2H6.CH4/c1-23-29-14-12-27-26-16-20-38(18-4-6-31(38)28(26)13-15-30(27)37(29,2)19-17-34(23)42)36(43)41-21-5-7-33(41)35-39-22-32(40-35)24-8-10-25(44-3)11-9-24;1-3-2;1-2;/h8-11,22-23,26-31,33-34,42H,4-7,12-21H2,1-3H3,(H,39,40);3H,1H2,2H3;1-2H3;1H4. The van der Waals surface area contributed by atoms with E-state index in [4.69, 9.17) is 9.72 Å². The summed E-state index contributed by atoms with van der Waals surface area (Å²) in [5.74, 6) is 7.06. The molecule has 5 aliphatic carbocycles. The molecule has 6 nitrogen and oxygen atoms in total. The van der Waals surface area contributed by atoms with E-state index >= 15 is 0 Å². The highest BCUT2D eigenvalue weighted by Gasteiger charge is 2.63. The topological polar surface area (TPSA) is 78.4 Å². The third-order valence-corrected chi connectivity index (χ3v) is 14.7. The number of H-pyrrole nitrogens is 1. The Balaban J connectivity index is 0.000000771. The minimum atomic E-state index is -0.160. The summed E-state index contributed by atoms with van der Waals surface area (Å²) in [6.07, 6.45) is 19.0. The molecule has 0 bridgehead atoms. The van der Waals surface area contributed by atoms with Crippen molar-refractivity contribution in [2.45, 2.75) is 138 Å². The first-order chi connectivity index (χ1) is 23.8. The van der Waals surface area contributed by atoms with Gasteiger partial charge in [-0.15, -0.1) is 6.58 Å². The molecule has 1 aromatic heterocycles. The number of imidazole rings is 1. The van der Waals surface area contributed by atoms with Crippen LogP contribution in [0.15, 0.2) is 43.1 Å². The quantitative estimate of drug-likeness (QED) is 0.314. The van der Waals surface area contributed by atoms with Crippen molar-refractivity contribution in [2.75, 3.05) is 13.7 Å². The third kappa shape index (κ3) is 6.49. The van der Waals surface area contributed by atoms with Crippen molar-refractivity contribution in [3.05, 3.63) is 48.9 Å². The van der Waals surface area contributed by atoms with Gasteiger partial charge in [-0.3, -0.25) is 4.79 Å². The summed E-state index contributed by atoms with van der Waals surface area (Å²) in [6, 6.07) is 8.15. The lowest BCUT2D eigenvalue weighted by molar-refractivity contribution is -0.168. The fraction of sp³-hybridized carbons (Fsp3) is 0.727. The lowest BCUT2D eigenvalue weighted by atomic mass is 9.42. The molecule has 0 radical (unpaired) electrons. The summed E-state index contributed by atoms with van der Waals surface area (Å²) in [7, 11) is 1.69. The molecule has 1 amide bonds. The van der Waals surface area contributed by atoms with Crippen molar-refractivity contribution in [2.24, 2.45) is 52.3 Å². The molecule has 1 saturated heterocycles. The number of aliphatic hydroxyl groups excluding tert-OH is 1. The first-order valence-corrected chi connectivity index (χ1v) is 20.0. The SMILES string of the molecule is C.C=CC.CC.COc1ccc(-c2cnc(C3CCCN3C(=O)C34CCCC3C3CCC5C(CCC6C(C)C(O)CCC65C)C3CC4)[nH]2)cc1. The third-order valence-electron chi connectivity index (χ3n) is 14.7. The second-order valence-corrected chi connectivity index (χ2v) is 16.5. The van der Waals surface area contributed by atoms with E-state index in [0.717, 1.165) is 85.2 Å². The molecular formula is C44H69N3O3. The van der Waals surface area contributed by atoms with Crippen molar-refractivity contribution in [1.82, 2.24) is 14.9 Å². The number of rotatable bonds is 4. The van der Waals surface area contributed by atoms with E-state index in [0.29, 0.717) is 29.1 Å². The molecular weight excluding hydrogens is 619 g/mol. The summed E-state index contributed by atoms with van der Waals surface area (Å²) < 4.78 is 5.34. The Morgan fingerprint density at radius 2 is 1.62 bits per heavy atom. The molecule has 6 heteroatoms. The Morgan fingerprint density at radius 1 is 0.940 bits per heavy atom. The molecule has 2 heterocycles. The Morgan fingerprint density at radius 3 is 2.32 bits per heavy atom. The number of nitrogens with one attached hydrogen (secondary N) is 1. The largest absolute Gasteiger partial charge is 0.497 e. The molecule has 50 heavy (non-hydrogen) atoms. The van der Waals surface area contributed by atoms with Gasteiger partial charge in [0.1, 0.15) is 11.6 Å². The van der Waals surface area contributed by atoms with Crippen LogP contribution in [0.3, 0.4) is 0 Å². The molecule has 11 atom stereocenters. The minimum Gasteiger partial charge on any atom is -0.497 e. The second kappa shape index (κ2) is 16.0. The van der Waals surface area contributed by atoms with Crippen molar-refractivity contribution >= 4 is 5.91 Å². The van der Waals surface area contributed by atoms with Crippen LogP contribution in [0.1, 0.15) is 137 Å². The van der Waals surface area contributed by atoms with Crippen molar-refractivity contribution in [1.29, 1.82) is 0 Å². The van der Waals surface area contributed by atoms with Gasteiger partial charge >= 0.3 is 0 Å². The number of hydrogen-bond donors (Lipinski definition) is 2. The van der Waals surface area contributed by atoms with Crippen LogP contribution in [0.4, 0.5) is 0 Å². The number of likely N-dealkylation sites (tertiary alicyclic amines) is 1. The highest BCUT2D eigenvalue weighted by atomic mass is 16.5. The van der Waals surface area contributed by atoms with Gasteiger partial charge in [-0.05, 0) is 161 Å². The average Bonchev–Trinajstić information content (AvgIpc) is 3.91. The Labute approximate surface area is 304 Å². The van der Waals surface area contributed by atoms with Gasteiger partial charge in [-0.2, -0.15) is 0 Å². The van der Waals surface area contributed by atoms with Gasteiger partial charge in [0.15, 0.2) is 0 Å². The zero-order valence-corrected chi connectivity index (χ0v) is 31.4. The molecule has 2 N–H and O–H groups in total. The van der Waals surface area contributed by atoms with Crippen LogP contribution < -0.4 is 4.74 Å². The Bertz CT molecular complexity index is 1420. The van der Waals surface area contributed by atoms with Crippen LogP contribution >= 0.6 is 0 Å². The minimum absolute atomic E-state index is 0. The molecule has 278 valence electrons. The lowest BCUT2D eigenvalue weighted by Crippen LogP contribution is -2.58. The predicted octanol–water partition coefficient (Wildman–Crippen LogP) is 10.6. The van der Waals surface area contributed by atoms with E-state index in [1.165, 1.54) is 51.4 Å². The average molecular weight is 688 g/mol. The number of benzene rings is 1. The number of aliphatic hydroxyl groups is 1. The van der Waals surface area contributed by atoms with E-state index in [2.05, 4.69) is 42.4 Å². The molecule has 6 fully saturated rings. The van der Waals surface area contributed by atoms with Crippen LogP contribution in [0.25, 0.3) is 11.3 Å². The fourth-order valence-corrected chi connectivity index (χ4v) is 12.6. The van der Waals surface area contributed by atoms with E-state index < -0.39 is 0 Å². The number of allylic oxidation sites excluding steroid dienone is 1. The number of amides is 1. The molecule has 8 rings (SSSR count). The number of aromatic amines is 1. The van der Waals surface area contributed by atoms with Gasteiger partial charge in [-0.25, -0.2) is 4.98 Å². The Kier molecular flexibility index (Phi) is 12.3. The number of nitrogens with zero attached hydrogens (tertiary/aromatic N) is 2. The Hall–Kier alpha value is -2.60. The molecule has 11 unspecified atom stereocenters. The fourth-order valence-electron chi connectivity index (χ4n) is 12.6. The number of hydrogen-bond acceptors (Lipinski definition) is 4. The van der Waals surface area contributed by atoms with Gasteiger partial charge in [0, 0.05) is 6.54 Å². The van der Waals surface area contributed by atoms with Crippen LogP contribution in [-0.4, -0.2) is 45.6 Å². The monoisotopic (exact) mass is 688 g/mol. The van der Waals surface area contributed by atoms with Crippen LogP contribution in [-0.2, 0) is 4.79 Å². The highest BCUT2D eigenvalue weighted by Crippen LogP contribution is 2.68. The van der Waals surface area contributed by atoms with Gasteiger partial charge < -0.3 is 19.7 Å². The molecule has 2 aromatic rings. The number of carbonyl (C=O) groups excluding carboxylic acids is 1. The normalized spacial score (nSPS) is 38.3. The summed E-state index contributed by atoms with van der Waals surface area (Å²) in [5.41, 5.74) is 2.32. The van der Waals surface area contributed by atoms with Gasteiger partial charge in [0.05, 0.1) is 36.6 Å². The number of fused-ring (bicyclic) bond motifs is 7. The first kappa shape index (κ1) is 38.6. The van der Waals surface area contributed by atoms with Crippen molar-refractivity contribution in [3.63, 3.8) is 0 Å². The van der Waals surface area contributed by atoms with Crippen LogP contribution in [0, 0.1) is 52.3 Å². The summed E-state index contributed by atoms with van der Waals surface area (Å²) in [5, 5.41) is 10.7. The smallest absolute Gasteiger partial charge is 0.229 e. The zero-order valence-electron chi connectivity index (χ0n) is 31.4. The summed E-state index contributed by atoms with van der Waals surface area (Å²) >= 11 is 0. The van der Waals surface area contributed by atoms with Gasteiger partial charge in [0.25, 0.3) is 0 Å². The molecule has 5 saturated carbocycles. The molecule has 6 aliphatic rings. The van der Waals surface area contributed by atoms with E-state index in [-0.39, 0.29) is 25.0 Å². The summed E-state index contributed by atoms with van der Waals surface area (Å²) in [4.78, 5) is 25.5. The van der Waals surface area contributed by atoms with Gasteiger partial charge in [0.2, 0.25) is 5.91 Å². The molecule has 1 aromatic carbocycles. The van der Waals surface area contributed by atoms with Crippen molar-refractivity contribution in [3.8, 4) is 17.0 Å². The maximum Gasteiger partial charge on any atom is 0.229 e. The predicted molar refractivity (Wildman–Crippen MR) is 206 cm³/mol. The molecule has 1 aliphatic heterocycles. The van der Waals surface area contributed by atoms with E-state index in [9.17, 15) is 9.90 Å². The zero-order chi connectivity index (χ0) is 34.9. The maximum atomic E-state index is 14.8. The highest BCUT2D eigenvalue weighted by molar-refractivity contribution is 5.84. The number of carbonyl (C=O) groups is 1. The number of methoxy groups -OCH3 is 1. The lowest BCUT2D eigenvalue weighted by Gasteiger charge is -2.63. The number of aromatic nitrogens is 2. The maximum absolute atomic E-state index is 14.8. The van der Waals surface area contributed by atoms with Crippen LogP contribution in [0.5, 0.6) is 5.75 Å².